The molecule has 0 aromatic heterocycles. The second-order valence-corrected chi connectivity index (χ2v) is 5.88. The molecule has 1 aliphatic rings. The van der Waals surface area contributed by atoms with Gasteiger partial charge in [0.15, 0.2) is 0 Å². The van der Waals surface area contributed by atoms with E-state index in [1.54, 1.807) is 0 Å². The Labute approximate surface area is 128 Å². The number of esters is 1. The smallest absolute Gasteiger partial charge is 0.311 e. The lowest BCUT2D eigenvalue weighted by Crippen LogP contribution is -2.07. The Kier molecular flexibility index (Phi) is 6.04. The molecule has 1 aromatic rings. The molecule has 0 radical (unpaired) electrons. The highest BCUT2D eigenvalue weighted by Gasteiger charge is 2.14. The van der Waals surface area contributed by atoms with Gasteiger partial charge < -0.3 is 4.74 Å². The first-order valence-electron chi connectivity index (χ1n) is 8.23. The van der Waals surface area contributed by atoms with Crippen LogP contribution < -0.4 is 4.74 Å². The van der Waals surface area contributed by atoms with Gasteiger partial charge in [0.25, 0.3) is 0 Å². The van der Waals surface area contributed by atoms with Crippen molar-refractivity contribution in [2.45, 2.75) is 58.8 Å². The highest BCUT2D eigenvalue weighted by atomic mass is 16.5. The van der Waals surface area contributed by atoms with Crippen LogP contribution in [0, 0.1) is 5.92 Å². The van der Waals surface area contributed by atoms with E-state index < -0.39 is 0 Å². The molecule has 0 heterocycles. The van der Waals surface area contributed by atoms with Crippen molar-refractivity contribution < 1.29 is 9.53 Å². The number of hydrogen-bond donors (Lipinski definition) is 0. The van der Waals surface area contributed by atoms with Gasteiger partial charge in [-0.2, -0.15) is 0 Å². The van der Waals surface area contributed by atoms with E-state index in [2.05, 4.69) is 32.1 Å². The molecule has 0 aliphatic heterocycles. The maximum Gasteiger partial charge on any atom is 0.311 e. The molecule has 2 rings (SSSR count). The average molecular weight is 286 g/mol. The Morgan fingerprint density at radius 2 is 2.00 bits per heavy atom. The Hall–Kier alpha value is -1.57. The Morgan fingerprint density at radius 3 is 2.57 bits per heavy atom. The van der Waals surface area contributed by atoms with Crippen LogP contribution in [0.25, 0.3) is 5.57 Å². The third-order valence-electron chi connectivity index (χ3n) is 4.29. The highest BCUT2D eigenvalue weighted by Crippen LogP contribution is 2.32. The number of carbonyl (C=O) groups is 1. The van der Waals surface area contributed by atoms with Gasteiger partial charge >= 0.3 is 5.97 Å². The molecule has 1 unspecified atom stereocenters. The van der Waals surface area contributed by atoms with Gasteiger partial charge in [-0.25, -0.2) is 0 Å². The largest absolute Gasteiger partial charge is 0.427 e. The summed E-state index contributed by atoms with van der Waals surface area (Å²) in [4.78, 5) is 11.6. The standard InChI is InChI=1S/C19H26O2/c1-3-5-6-19(20)21-18-13-11-17(12-14-18)16-9-7-15(4-2)8-10-16/h9,11-15H,3-8,10H2,1-2H3. The molecule has 114 valence electrons. The van der Waals surface area contributed by atoms with E-state index in [9.17, 15) is 4.79 Å². The average Bonchev–Trinajstić information content (AvgIpc) is 2.54. The molecule has 1 atom stereocenters. The van der Waals surface area contributed by atoms with Gasteiger partial charge in [0, 0.05) is 6.42 Å². The second kappa shape index (κ2) is 8.02. The van der Waals surface area contributed by atoms with Crippen molar-refractivity contribution in [1.29, 1.82) is 0 Å². The minimum Gasteiger partial charge on any atom is -0.427 e. The predicted molar refractivity (Wildman–Crippen MR) is 87.2 cm³/mol. The summed E-state index contributed by atoms with van der Waals surface area (Å²) < 4.78 is 5.33. The summed E-state index contributed by atoms with van der Waals surface area (Å²) in [6.07, 6.45) is 9.70. The van der Waals surface area contributed by atoms with Crippen LogP contribution in [0.5, 0.6) is 5.75 Å². The van der Waals surface area contributed by atoms with Crippen molar-refractivity contribution in [3.8, 4) is 5.75 Å². The zero-order chi connectivity index (χ0) is 15.1. The summed E-state index contributed by atoms with van der Waals surface area (Å²) >= 11 is 0. The van der Waals surface area contributed by atoms with Crippen LogP contribution in [0.15, 0.2) is 30.3 Å². The fourth-order valence-electron chi connectivity index (χ4n) is 2.76. The van der Waals surface area contributed by atoms with Crippen molar-refractivity contribution in [3.63, 3.8) is 0 Å². The van der Waals surface area contributed by atoms with Gasteiger partial charge in [0.1, 0.15) is 5.75 Å². The molecule has 2 heteroatoms. The highest BCUT2D eigenvalue weighted by molar-refractivity contribution is 5.73. The summed E-state index contributed by atoms with van der Waals surface area (Å²) in [7, 11) is 0. The molecule has 2 nitrogen and oxygen atoms in total. The minimum absolute atomic E-state index is 0.132. The SMILES string of the molecule is CCCCC(=O)Oc1ccc(C2=CCC(CC)CC2)cc1. The Bertz CT molecular complexity index is 485. The minimum atomic E-state index is -0.132. The summed E-state index contributed by atoms with van der Waals surface area (Å²) in [6, 6.07) is 7.96. The van der Waals surface area contributed by atoms with Crippen molar-refractivity contribution in [3.05, 3.63) is 35.9 Å². The molecule has 1 aliphatic carbocycles. The molecule has 0 saturated heterocycles. The lowest BCUT2D eigenvalue weighted by Gasteiger charge is -2.20. The lowest BCUT2D eigenvalue weighted by molar-refractivity contribution is -0.134. The number of allylic oxidation sites excluding steroid dienone is 2. The number of rotatable bonds is 6. The normalized spacial score (nSPS) is 18.2. The topological polar surface area (TPSA) is 26.3 Å². The first-order chi connectivity index (χ1) is 10.2. The summed E-state index contributed by atoms with van der Waals surface area (Å²) in [5.74, 6) is 1.38. The predicted octanol–water partition coefficient (Wildman–Crippen LogP) is 5.38. The number of carbonyl (C=O) groups excluding carboxylic acids is 1. The fraction of sp³-hybridized carbons (Fsp3) is 0.526. The lowest BCUT2D eigenvalue weighted by atomic mass is 9.85. The molecule has 0 spiro atoms. The summed E-state index contributed by atoms with van der Waals surface area (Å²) in [5.41, 5.74) is 2.70. The Morgan fingerprint density at radius 1 is 1.24 bits per heavy atom. The van der Waals surface area contributed by atoms with Crippen LogP contribution in [-0.4, -0.2) is 5.97 Å². The van der Waals surface area contributed by atoms with Gasteiger partial charge in [-0.1, -0.05) is 44.9 Å². The molecular weight excluding hydrogens is 260 g/mol. The van der Waals surface area contributed by atoms with Crippen LogP contribution in [0.2, 0.25) is 0 Å². The van der Waals surface area contributed by atoms with Crippen molar-refractivity contribution in [1.82, 2.24) is 0 Å². The van der Waals surface area contributed by atoms with Gasteiger partial charge in [-0.3, -0.25) is 4.79 Å². The van der Waals surface area contributed by atoms with E-state index in [-0.39, 0.29) is 5.97 Å². The molecule has 1 aromatic carbocycles. The van der Waals surface area contributed by atoms with E-state index in [4.69, 9.17) is 4.74 Å². The van der Waals surface area contributed by atoms with Crippen LogP contribution in [-0.2, 0) is 4.79 Å². The molecule has 21 heavy (non-hydrogen) atoms. The van der Waals surface area contributed by atoms with E-state index in [0.717, 1.165) is 25.2 Å². The molecule has 0 bridgehead atoms. The van der Waals surface area contributed by atoms with Crippen LogP contribution in [0.1, 0.15) is 64.4 Å². The van der Waals surface area contributed by atoms with E-state index in [0.29, 0.717) is 12.2 Å². The molecule has 0 saturated carbocycles. The van der Waals surface area contributed by atoms with Gasteiger partial charge in [-0.05, 0) is 54.9 Å². The quantitative estimate of drug-likeness (QED) is 0.518. The van der Waals surface area contributed by atoms with E-state index in [1.807, 2.05) is 12.1 Å². The molecule has 0 N–H and O–H groups in total. The number of benzene rings is 1. The molecule has 0 amide bonds. The van der Waals surface area contributed by atoms with Gasteiger partial charge in [-0.15, -0.1) is 0 Å². The summed E-state index contributed by atoms with van der Waals surface area (Å²) in [6.45, 7) is 4.34. The Balaban J connectivity index is 1.93. The third-order valence-corrected chi connectivity index (χ3v) is 4.29. The first-order valence-corrected chi connectivity index (χ1v) is 8.23. The zero-order valence-corrected chi connectivity index (χ0v) is 13.2. The second-order valence-electron chi connectivity index (χ2n) is 5.88. The van der Waals surface area contributed by atoms with Crippen LogP contribution in [0.4, 0.5) is 0 Å². The van der Waals surface area contributed by atoms with E-state index in [1.165, 1.54) is 30.4 Å². The first kappa shape index (κ1) is 15.8. The number of ether oxygens (including phenoxy) is 1. The van der Waals surface area contributed by atoms with E-state index >= 15 is 0 Å². The van der Waals surface area contributed by atoms with Crippen molar-refractivity contribution in [2.24, 2.45) is 5.92 Å². The van der Waals surface area contributed by atoms with Crippen molar-refractivity contribution in [2.75, 3.05) is 0 Å². The van der Waals surface area contributed by atoms with Crippen molar-refractivity contribution >= 4 is 11.5 Å². The zero-order valence-electron chi connectivity index (χ0n) is 13.2. The van der Waals surface area contributed by atoms with Gasteiger partial charge in [0.2, 0.25) is 0 Å². The van der Waals surface area contributed by atoms with Crippen LogP contribution in [0.3, 0.4) is 0 Å². The molecular formula is C19H26O2. The maximum absolute atomic E-state index is 11.6. The number of hydrogen-bond acceptors (Lipinski definition) is 2. The van der Waals surface area contributed by atoms with Gasteiger partial charge in [0.05, 0.1) is 0 Å². The van der Waals surface area contributed by atoms with Crippen LogP contribution >= 0.6 is 0 Å². The molecule has 0 fully saturated rings. The fourth-order valence-corrected chi connectivity index (χ4v) is 2.76. The summed E-state index contributed by atoms with van der Waals surface area (Å²) in [5, 5.41) is 0. The number of unbranched alkanes of at least 4 members (excludes halogenated alkanes) is 1. The monoisotopic (exact) mass is 286 g/mol. The maximum atomic E-state index is 11.6. The third kappa shape index (κ3) is 4.73.